The first-order valence-electron chi connectivity index (χ1n) is 8.44. The number of aliphatic hydroxyl groups excluding tert-OH is 1. The van der Waals surface area contributed by atoms with Crippen molar-refractivity contribution in [3.63, 3.8) is 0 Å². The molecule has 136 valence electrons. The van der Waals surface area contributed by atoms with Crippen LogP contribution in [0.1, 0.15) is 31.7 Å². The highest BCUT2D eigenvalue weighted by Crippen LogP contribution is 2.25. The van der Waals surface area contributed by atoms with Crippen molar-refractivity contribution in [1.82, 2.24) is 10.2 Å². The molecule has 0 saturated heterocycles. The summed E-state index contributed by atoms with van der Waals surface area (Å²) in [4.78, 5) is 6.84. The van der Waals surface area contributed by atoms with E-state index in [9.17, 15) is 5.11 Å². The van der Waals surface area contributed by atoms with Crippen LogP contribution in [0, 0.1) is 5.92 Å². The predicted octanol–water partition coefficient (Wildman–Crippen LogP) is 2.87. The van der Waals surface area contributed by atoms with Crippen molar-refractivity contribution in [3.05, 3.63) is 29.8 Å². The molecule has 1 fully saturated rings. The van der Waals surface area contributed by atoms with Crippen LogP contribution < -0.4 is 10.1 Å². The summed E-state index contributed by atoms with van der Waals surface area (Å²) in [6.07, 6.45) is 2.91. The van der Waals surface area contributed by atoms with Crippen molar-refractivity contribution in [2.45, 2.75) is 38.8 Å². The van der Waals surface area contributed by atoms with Gasteiger partial charge < -0.3 is 20.1 Å². The SMILES string of the molecule is CCNC(=NCC1CCCC1O)N(C)Cc1ccc(OC)cc1.I. The number of aliphatic hydroxyl groups is 1. The molecule has 0 aliphatic heterocycles. The molecule has 0 bridgehead atoms. The number of rotatable bonds is 6. The van der Waals surface area contributed by atoms with Gasteiger partial charge in [0.1, 0.15) is 5.75 Å². The fourth-order valence-electron chi connectivity index (χ4n) is 2.98. The summed E-state index contributed by atoms with van der Waals surface area (Å²) in [6, 6.07) is 8.09. The maximum absolute atomic E-state index is 9.94. The van der Waals surface area contributed by atoms with Crippen LogP contribution in [0.25, 0.3) is 0 Å². The van der Waals surface area contributed by atoms with E-state index in [0.29, 0.717) is 12.5 Å². The number of ether oxygens (including phenoxy) is 1. The van der Waals surface area contributed by atoms with Gasteiger partial charge in [-0.15, -0.1) is 24.0 Å². The van der Waals surface area contributed by atoms with Crippen LogP contribution in [0.15, 0.2) is 29.3 Å². The molecule has 24 heavy (non-hydrogen) atoms. The number of hydrogen-bond acceptors (Lipinski definition) is 3. The zero-order valence-corrected chi connectivity index (χ0v) is 17.2. The maximum atomic E-state index is 9.94. The van der Waals surface area contributed by atoms with E-state index in [-0.39, 0.29) is 30.1 Å². The molecule has 1 aliphatic carbocycles. The summed E-state index contributed by atoms with van der Waals surface area (Å²) >= 11 is 0. The average molecular weight is 447 g/mol. The van der Waals surface area contributed by atoms with E-state index >= 15 is 0 Å². The van der Waals surface area contributed by atoms with Gasteiger partial charge in [-0.2, -0.15) is 0 Å². The van der Waals surface area contributed by atoms with Gasteiger partial charge in [0, 0.05) is 32.6 Å². The highest BCUT2D eigenvalue weighted by atomic mass is 127. The molecule has 6 heteroatoms. The third-order valence-corrected chi connectivity index (χ3v) is 4.37. The Labute approximate surface area is 162 Å². The third kappa shape index (κ3) is 6.12. The molecule has 1 aromatic carbocycles. The van der Waals surface area contributed by atoms with E-state index in [4.69, 9.17) is 9.73 Å². The summed E-state index contributed by atoms with van der Waals surface area (Å²) in [5.74, 6) is 2.06. The second-order valence-corrected chi connectivity index (χ2v) is 6.16. The lowest BCUT2D eigenvalue weighted by Gasteiger charge is -2.23. The second kappa shape index (κ2) is 10.8. The molecule has 0 aromatic heterocycles. The van der Waals surface area contributed by atoms with Crippen LogP contribution >= 0.6 is 24.0 Å². The molecule has 5 nitrogen and oxygen atoms in total. The molecule has 2 atom stereocenters. The smallest absolute Gasteiger partial charge is 0.193 e. The Balaban J connectivity index is 0.00000288. The van der Waals surface area contributed by atoms with E-state index in [2.05, 4.69) is 29.3 Å². The molecule has 0 radical (unpaired) electrons. The minimum absolute atomic E-state index is 0. The summed E-state index contributed by atoms with van der Waals surface area (Å²) < 4.78 is 5.19. The fraction of sp³-hybridized carbons (Fsp3) is 0.611. The van der Waals surface area contributed by atoms with E-state index in [0.717, 1.165) is 44.1 Å². The molecular formula is C18H30IN3O2. The van der Waals surface area contributed by atoms with Gasteiger partial charge >= 0.3 is 0 Å². The number of hydrogen-bond donors (Lipinski definition) is 2. The standard InChI is InChI=1S/C18H29N3O2.HI/c1-4-19-18(20-12-15-6-5-7-17(15)22)21(2)13-14-8-10-16(23-3)11-9-14;/h8-11,15,17,22H,4-7,12-13H2,1-3H3,(H,19,20);1H. The quantitative estimate of drug-likeness (QED) is 0.400. The monoisotopic (exact) mass is 447 g/mol. The number of methoxy groups -OCH3 is 1. The van der Waals surface area contributed by atoms with Gasteiger partial charge in [-0.25, -0.2) is 0 Å². The zero-order chi connectivity index (χ0) is 16.7. The molecule has 0 spiro atoms. The second-order valence-electron chi connectivity index (χ2n) is 6.16. The summed E-state index contributed by atoms with van der Waals surface area (Å²) in [5, 5.41) is 13.3. The van der Waals surface area contributed by atoms with Crippen molar-refractivity contribution < 1.29 is 9.84 Å². The van der Waals surface area contributed by atoms with Crippen molar-refractivity contribution in [3.8, 4) is 5.75 Å². The lowest BCUT2D eigenvalue weighted by molar-refractivity contribution is 0.136. The number of nitrogens with one attached hydrogen (secondary N) is 1. The number of nitrogens with zero attached hydrogens (tertiary/aromatic N) is 2. The Morgan fingerprint density at radius 3 is 2.58 bits per heavy atom. The maximum Gasteiger partial charge on any atom is 0.193 e. The predicted molar refractivity (Wildman–Crippen MR) is 109 cm³/mol. The fourth-order valence-corrected chi connectivity index (χ4v) is 2.98. The average Bonchev–Trinajstić information content (AvgIpc) is 2.97. The number of halogens is 1. The Hall–Kier alpha value is -1.02. The first-order chi connectivity index (χ1) is 11.1. The van der Waals surface area contributed by atoms with Crippen LogP contribution in [0.3, 0.4) is 0 Å². The van der Waals surface area contributed by atoms with Crippen molar-refractivity contribution in [1.29, 1.82) is 0 Å². The van der Waals surface area contributed by atoms with Gasteiger partial charge in [0.05, 0.1) is 13.2 Å². The van der Waals surface area contributed by atoms with Crippen LogP contribution in [-0.2, 0) is 6.54 Å². The highest BCUT2D eigenvalue weighted by molar-refractivity contribution is 14.0. The summed E-state index contributed by atoms with van der Waals surface area (Å²) in [7, 11) is 3.71. The number of guanidine groups is 1. The normalized spacial score (nSPS) is 20.4. The van der Waals surface area contributed by atoms with Crippen LogP contribution in [0.4, 0.5) is 0 Å². The molecule has 1 aromatic rings. The molecule has 2 N–H and O–H groups in total. The van der Waals surface area contributed by atoms with Crippen molar-refractivity contribution >= 4 is 29.9 Å². The van der Waals surface area contributed by atoms with E-state index < -0.39 is 0 Å². The van der Waals surface area contributed by atoms with Gasteiger partial charge in [0.15, 0.2) is 5.96 Å². The van der Waals surface area contributed by atoms with Gasteiger partial charge in [-0.05, 0) is 37.5 Å². The Morgan fingerprint density at radius 1 is 1.33 bits per heavy atom. The number of aliphatic imine (C=N–C) groups is 1. The first-order valence-corrected chi connectivity index (χ1v) is 8.44. The van der Waals surface area contributed by atoms with E-state index in [1.165, 1.54) is 5.56 Å². The minimum atomic E-state index is -0.187. The Kier molecular flexibility index (Phi) is 9.43. The molecule has 1 aliphatic rings. The van der Waals surface area contributed by atoms with Crippen LogP contribution in [-0.4, -0.2) is 49.3 Å². The van der Waals surface area contributed by atoms with Crippen molar-refractivity contribution in [2.24, 2.45) is 10.9 Å². The molecule has 0 heterocycles. The van der Waals surface area contributed by atoms with E-state index in [1.807, 2.05) is 19.2 Å². The minimum Gasteiger partial charge on any atom is -0.497 e. The molecule has 2 rings (SSSR count). The van der Waals surface area contributed by atoms with Gasteiger partial charge in [0.25, 0.3) is 0 Å². The lowest BCUT2D eigenvalue weighted by Crippen LogP contribution is -2.39. The molecule has 2 unspecified atom stereocenters. The van der Waals surface area contributed by atoms with Crippen molar-refractivity contribution in [2.75, 3.05) is 27.2 Å². The third-order valence-electron chi connectivity index (χ3n) is 4.37. The molecule has 0 amide bonds. The molecule has 1 saturated carbocycles. The van der Waals surface area contributed by atoms with Gasteiger partial charge in [-0.1, -0.05) is 18.6 Å². The van der Waals surface area contributed by atoms with Gasteiger partial charge in [-0.3, -0.25) is 4.99 Å². The topological polar surface area (TPSA) is 57.1 Å². The molecular weight excluding hydrogens is 417 g/mol. The lowest BCUT2D eigenvalue weighted by atomic mass is 10.1. The van der Waals surface area contributed by atoms with Gasteiger partial charge in [0.2, 0.25) is 0 Å². The van der Waals surface area contributed by atoms with E-state index in [1.54, 1.807) is 7.11 Å². The summed E-state index contributed by atoms with van der Waals surface area (Å²) in [6.45, 7) is 4.37. The van der Waals surface area contributed by atoms with Crippen LogP contribution in [0.2, 0.25) is 0 Å². The Morgan fingerprint density at radius 2 is 2.04 bits per heavy atom. The highest BCUT2D eigenvalue weighted by Gasteiger charge is 2.25. The number of benzene rings is 1. The zero-order valence-electron chi connectivity index (χ0n) is 14.9. The Bertz CT molecular complexity index is 507. The largest absolute Gasteiger partial charge is 0.497 e. The summed E-state index contributed by atoms with van der Waals surface area (Å²) in [5.41, 5.74) is 1.21. The van der Waals surface area contributed by atoms with Crippen LogP contribution in [0.5, 0.6) is 5.75 Å². The first kappa shape index (κ1) is 21.0.